The van der Waals surface area contributed by atoms with Gasteiger partial charge in [-0.2, -0.15) is 0 Å². The summed E-state index contributed by atoms with van der Waals surface area (Å²) < 4.78 is 23.3. The molecule has 7 heteroatoms. The number of carbonyl (C=O) groups is 1. The highest BCUT2D eigenvalue weighted by Gasteiger charge is 2.42. The van der Waals surface area contributed by atoms with E-state index in [2.05, 4.69) is 11.0 Å². The lowest BCUT2D eigenvalue weighted by molar-refractivity contribution is -0.261. The van der Waals surface area contributed by atoms with Gasteiger partial charge in [0.2, 0.25) is 0 Å². The van der Waals surface area contributed by atoms with Crippen LogP contribution in [0.15, 0.2) is 48.5 Å². The van der Waals surface area contributed by atoms with Gasteiger partial charge in [-0.05, 0) is 24.6 Å². The van der Waals surface area contributed by atoms with Gasteiger partial charge in [0.15, 0.2) is 5.79 Å². The molecule has 0 N–H and O–H groups in total. The van der Waals surface area contributed by atoms with Crippen LogP contribution in [0.1, 0.15) is 22.3 Å². The van der Waals surface area contributed by atoms with Gasteiger partial charge in [-0.3, -0.25) is 9.69 Å². The predicted molar refractivity (Wildman–Crippen MR) is 116 cm³/mol. The Balaban J connectivity index is 1.51. The third-order valence-corrected chi connectivity index (χ3v) is 5.82. The van der Waals surface area contributed by atoms with Crippen LogP contribution in [0.2, 0.25) is 0 Å². The maximum absolute atomic E-state index is 13.3. The molecule has 2 aliphatic heterocycles. The molecule has 0 saturated carbocycles. The quantitative estimate of drug-likeness (QED) is 0.733. The Hall–Kier alpha value is -2.61. The van der Waals surface area contributed by atoms with Crippen LogP contribution >= 0.6 is 0 Å². The van der Waals surface area contributed by atoms with Crippen LogP contribution in [0.3, 0.4) is 0 Å². The fraction of sp³-hybridized carbons (Fsp3) is 0.458. The minimum Gasteiger partial charge on any atom is -0.496 e. The van der Waals surface area contributed by atoms with Crippen molar-refractivity contribution in [2.24, 2.45) is 0 Å². The molecule has 7 nitrogen and oxygen atoms in total. The van der Waals surface area contributed by atoms with Crippen LogP contribution in [0.25, 0.3) is 0 Å². The Bertz CT molecular complexity index is 905. The number of rotatable bonds is 5. The van der Waals surface area contributed by atoms with Crippen molar-refractivity contribution in [3.05, 3.63) is 59.7 Å². The predicted octanol–water partition coefficient (Wildman–Crippen LogP) is 2.80. The van der Waals surface area contributed by atoms with Gasteiger partial charge in [0, 0.05) is 25.2 Å². The average Bonchev–Trinajstić information content (AvgIpc) is 3.00. The minimum atomic E-state index is -0.839. The number of morpholine rings is 1. The number of methoxy groups -OCH3 is 2. The van der Waals surface area contributed by atoms with Crippen LogP contribution in [-0.2, 0) is 16.0 Å². The lowest BCUT2D eigenvalue weighted by Gasteiger charge is -2.43. The molecule has 1 spiro atoms. The van der Waals surface area contributed by atoms with Gasteiger partial charge >= 0.3 is 0 Å². The van der Waals surface area contributed by atoms with Crippen molar-refractivity contribution in [3.63, 3.8) is 0 Å². The van der Waals surface area contributed by atoms with E-state index in [0.717, 1.165) is 30.8 Å². The topological polar surface area (TPSA) is 60.5 Å². The number of ether oxygens (including phenoxy) is 4. The molecule has 166 valence electrons. The fourth-order valence-corrected chi connectivity index (χ4v) is 4.33. The maximum Gasteiger partial charge on any atom is 0.257 e. The summed E-state index contributed by atoms with van der Waals surface area (Å²) in [5, 5.41) is 0. The monoisotopic (exact) mass is 426 g/mol. The summed E-state index contributed by atoms with van der Waals surface area (Å²) in [6, 6.07) is 15.4. The normalized spacial score (nSPS) is 22.2. The van der Waals surface area contributed by atoms with Gasteiger partial charge in [0.25, 0.3) is 5.91 Å². The first kappa shape index (κ1) is 21.6. The van der Waals surface area contributed by atoms with Crippen LogP contribution in [0.5, 0.6) is 11.5 Å². The number of para-hydroxylation sites is 2. The molecular weight excluding hydrogens is 396 g/mol. The van der Waals surface area contributed by atoms with Gasteiger partial charge < -0.3 is 23.8 Å². The Morgan fingerprint density at radius 3 is 2.45 bits per heavy atom. The summed E-state index contributed by atoms with van der Waals surface area (Å²) in [5.41, 5.74) is 1.68. The van der Waals surface area contributed by atoms with E-state index in [4.69, 9.17) is 18.9 Å². The van der Waals surface area contributed by atoms with Gasteiger partial charge in [0.05, 0.1) is 46.1 Å². The lowest BCUT2D eigenvalue weighted by Crippen LogP contribution is -2.59. The highest BCUT2D eigenvalue weighted by atomic mass is 16.7. The van der Waals surface area contributed by atoms with Gasteiger partial charge in [-0.25, -0.2) is 0 Å². The van der Waals surface area contributed by atoms with Crippen LogP contribution < -0.4 is 9.47 Å². The first-order chi connectivity index (χ1) is 15.1. The molecule has 0 aromatic heterocycles. The summed E-state index contributed by atoms with van der Waals surface area (Å²) in [6.07, 6.45) is 0.903. The SMILES string of the molecule is COc1ccccc1CN1CCCOC2(C1)CN(C(=O)c1ccccc1OC)CCO2. The van der Waals surface area contributed by atoms with E-state index in [1.165, 1.54) is 0 Å². The number of amides is 1. The molecule has 2 saturated heterocycles. The number of hydrogen-bond acceptors (Lipinski definition) is 6. The molecule has 1 amide bonds. The van der Waals surface area contributed by atoms with Crippen molar-refractivity contribution in [1.29, 1.82) is 0 Å². The lowest BCUT2D eigenvalue weighted by atomic mass is 10.1. The van der Waals surface area contributed by atoms with Crippen molar-refractivity contribution in [1.82, 2.24) is 9.80 Å². The zero-order valence-electron chi connectivity index (χ0n) is 18.2. The van der Waals surface area contributed by atoms with Crippen molar-refractivity contribution in [2.45, 2.75) is 18.8 Å². The Morgan fingerprint density at radius 2 is 1.65 bits per heavy atom. The number of hydrogen-bond donors (Lipinski definition) is 0. The summed E-state index contributed by atoms with van der Waals surface area (Å²) >= 11 is 0. The van der Waals surface area contributed by atoms with Crippen LogP contribution in [0.4, 0.5) is 0 Å². The van der Waals surface area contributed by atoms with Crippen LogP contribution in [0, 0.1) is 0 Å². The Kier molecular flexibility index (Phi) is 6.75. The Labute approximate surface area is 183 Å². The van der Waals surface area contributed by atoms with E-state index in [9.17, 15) is 4.79 Å². The highest BCUT2D eigenvalue weighted by molar-refractivity contribution is 5.97. The molecule has 2 heterocycles. The molecule has 0 bridgehead atoms. The second-order valence-corrected chi connectivity index (χ2v) is 7.91. The smallest absolute Gasteiger partial charge is 0.257 e. The molecule has 4 rings (SSSR count). The summed E-state index contributed by atoms with van der Waals surface area (Å²) in [5.74, 6) is 0.546. The number of nitrogens with zero attached hydrogens (tertiary/aromatic N) is 2. The standard InChI is InChI=1S/C24H30N2O5/c1-28-21-10-5-3-8-19(21)16-25-12-7-14-30-24(17-25)18-26(13-15-31-24)23(27)20-9-4-6-11-22(20)29-2/h3-6,8-11H,7,12-18H2,1-2H3. The van der Waals surface area contributed by atoms with Crippen molar-refractivity contribution < 1.29 is 23.7 Å². The molecule has 2 fully saturated rings. The van der Waals surface area contributed by atoms with Crippen LogP contribution in [-0.4, -0.2) is 75.1 Å². The summed E-state index contributed by atoms with van der Waals surface area (Å²) in [7, 11) is 3.27. The number of benzene rings is 2. The van der Waals surface area contributed by atoms with E-state index < -0.39 is 5.79 Å². The third-order valence-electron chi connectivity index (χ3n) is 5.82. The summed E-state index contributed by atoms with van der Waals surface area (Å²) in [4.78, 5) is 17.4. The molecule has 31 heavy (non-hydrogen) atoms. The van der Waals surface area contributed by atoms with Crippen molar-refractivity contribution in [2.75, 3.05) is 53.6 Å². The van der Waals surface area contributed by atoms with E-state index in [0.29, 0.717) is 44.2 Å². The molecule has 2 aliphatic rings. The second-order valence-electron chi connectivity index (χ2n) is 7.91. The minimum absolute atomic E-state index is 0.0655. The fourth-order valence-electron chi connectivity index (χ4n) is 4.33. The number of carbonyl (C=O) groups excluding carboxylic acids is 1. The molecule has 1 atom stereocenters. The highest BCUT2D eigenvalue weighted by Crippen LogP contribution is 2.29. The molecule has 0 aliphatic carbocycles. The van der Waals surface area contributed by atoms with E-state index in [1.54, 1.807) is 26.4 Å². The van der Waals surface area contributed by atoms with E-state index in [1.807, 2.05) is 35.2 Å². The van der Waals surface area contributed by atoms with E-state index in [-0.39, 0.29) is 5.91 Å². The second kappa shape index (κ2) is 9.68. The first-order valence-corrected chi connectivity index (χ1v) is 10.7. The average molecular weight is 427 g/mol. The molecule has 2 aromatic carbocycles. The van der Waals surface area contributed by atoms with E-state index >= 15 is 0 Å². The first-order valence-electron chi connectivity index (χ1n) is 10.7. The zero-order valence-corrected chi connectivity index (χ0v) is 18.2. The zero-order chi connectivity index (χ0) is 21.7. The maximum atomic E-state index is 13.3. The van der Waals surface area contributed by atoms with Crippen molar-refractivity contribution >= 4 is 5.91 Å². The molecule has 2 aromatic rings. The largest absolute Gasteiger partial charge is 0.496 e. The Morgan fingerprint density at radius 1 is 0.935 bits per heavy atom. The third kappa shape index (κ3) is 4.84. The van der Waals surface area contributed by atoms with Gasteiger partial charge in [0.1, 0.15) is 11.5 Å². The molecule has 0 radical (unpaired) electrons. The van der Waals surface area contributed by atoms with Gasteiger partial charge in [-0.1, -0.05) is 30.3 Å². The molecule has 1 unspecified atom stereocenters. The van der Waals surface area contributed by atoms with Crippen molar-refractivity contribution in [3.8, 4) is 11.5 Å². The summed E-state index contributed by atoms with van der Waals surface area (Å²) in [6.45, 7) is 4.15. The molecular formula is C24H30N2O5. The van der Waals surface area contributed by atoms with Gasteiger partial charge in [-0.15, -0.1) is 0 Å².